The van der Waals surface area contributed by atoms with Gasteiger partial charge in [0.15, 0.2) is 0 Å². The van der Waals surface area contributed by atoms with Crippen LogP contribution in [0.5, 0.6) is 0 Å². The first-order chi connectivity index (χ1) is 7.49. The zero-order chi connectivity index (χ0) is 11.8. The summed E-state index contributed by atoms with van der Waals surface area (Å²) in [6.45, 7) is 0. The summed E-state index contributed by atoms with van der Waals surface area (Å²) in [5.41, 5.74) is 12.0. The van der Waals surface area contributed by atoms with Crippen LogP contribution in [0.3, 0.4) is 0 Å². The summed E-state index contributed by atoms with van der Waals surface area (Å²) in [6.07, 6.45) is 3.70. The zero-order valence-corrected chi connectivity index (χ0v) is 8.53. The summed E-state index contributed by atoms with van der Waals surface area (Å²) in [7, 11) is 0. The molecule has 0 aliphatic heterocycles. The van der Waals surface area contributed by atoms with Crippen molar-refractivity contribution < 1.29 is 8.78 Å². The van der Waals surface area contributed by atoms with Crippen molar-refractivity contribution >= 4 is 5.69 Å². The number of alkyl halides is 2. The number of anilines is 1. The highest BCUT2D eigenvalue weighted by Crippen LogP contribution is 2.39. The molecule has 2 rings (SSSR count). The van der Waals surface area contributed by atoms with Crippen LogP contribution in [-0.4, -0.2) is 5.92 Å². The van der Waals surface area contributed by atoms with Gasteiger partial charge >= 0.3 is 0 Å². The van der Waals surface area contributed by atoms with Crippen LogP contribution in [0.2, 0.25) is 0 Å². The Morgan fingerprint density at radius 1 is 1.06 bits per heavy atom. The minimum Gasteiger partial charge on any atom is -0.399 e. The van der Waals surface area contributed by atoms with Crippen LogP contribution in [0.4, 0.5) is 14.5 Å². The summed E-state index contributed by atoms with van der Waals surface area (Å²) in [4.78, 5) is 0. The topological polar surface area (TPSA) is 52.0 Å². The standard InChI is InChI=1S/C12H12F2N2/c13-12(14)7-10(16)5-6-11(12)8-1-3-9(15)4-2-8/h1-7,11H,15-16H2. The average Bonchev–Trinajstić information content (AvgIpc) is 2.18. The molecule has 0 fully saturated rings. The molecule has 0 amide bonds. The van der Waals surface area contributed by atoms with E-state index < -0.39 is 11.8 Å². The van der Waals surface area contributed by atoms with Gasteiger partial charge in [-0.15, -0.1) is 0 Å². The third-order valence-electron chi connectivity index (χ3n) is 2.55. The number of benzene rings is 1. The van der Waals surface area contributed by atoms with Crippen molar-refractivity contribution in [1.82, 2.24) is 0 Å². The van der Waals surface area contributed by atoms with Crippen LogP contribution < -0.4 is 11.5 Å². The minimum atomic E-state index is -2.95. The lowest BCUT2D eigenvalue weighted by molar-refractivity contribution is 0.0371. The lowest BCUT2D eigenvalue weighted by Gasteiger charge is -2.25. The van der Waals surface area contributed by atoms with Crippen LogP contribution in [0.1, 0.15) is 11.5 Å². The van der Waals surface area contributed by atoms with Gasteiger partial charge in [0.2, 0.25) is 0 Å². The van der Waals surface area contributed by atoms with Crippen molar-refractivity contribution in [3.8, 4) is 0 Å². The molecule has 1 aromatic rings. The molecule has 1 aliphatic rings. The number of hydrogen-bond donors (Lipinski definition) is 2. The van der Waals surface area contributed by atoms with Gasteiger partial charge in [0.05, 0.1) is 5.92 Å². The van der Waals surface area contributed by atoms with E-state index in [1.165, 1.54) is 12.2 Å². The summed E-state index contributed by atoms with van der Waals surface area (Å²) in [5.74, 6) is -3.92. The van der Waals surface area contributed by atoms with E-state index in [1.54, 1.807) is 24.3 Å². The monoisotopic (exact) mass is 222 g/mol. The lowest BCUT2D eigenvalue weighted by atomic mass is 9.88. The molecule has 1 aliphatic carbocycles. The predicted molar refractivity (Wildman–Crippen MR) is 60.0 cm³/mol. The molecule has 4 N–H and O–H groups in total. The second kappa shape index (κ2) is 3.63. The van der Waals surface area contributed by atoms with Crippen molar-refractivity contribution in [3.05, 3.63) is 53.8 Å². The normalized spacial score (nSPS) is 22.9. The summed E-state index contributed by atoms with van der Waals surface area (Å²) in [5, 5.41) is 0. The van der Waals surface area contributed by atoms with Crippen LogP contribution in [0, 0.1) is 0 Å². The Hall–Kier alpha value is -1.84. The van der Waals surface area contributed by atoms with E-state index in [-0.39, 0.29) is 5.70 Å². The Morgan fingerprint density at radius 3 is 2.25 bits per heavy atom. The molecule has 16 heavy (non-hydrogen) atoms. The molecule has 4 heteroatoms. The molecule has 1 aromatic carbocycles. The largest absolute Gasteiger partial charge is 0.399 e. The highest BCUT2D eigenvalue weighted by molar-refractivity contribution is 5.43. The highest BCUT2D eigenvalue weighted by Gasteiger charge is 2.38. The third-order valence-corrected chi connectivity index (χ3v) is 2.55. The number of rotatable bonds is 1. The van der Waals surface area contributed by atoms with E-state index in [4.69, 9.17) is 11.5 Å². The van der Waals surface area contributed by atoms with Crippen molar-refractivity contribution in [2.75, 3.05) is 5.73 Å². The van der Waals surface area contributed by atoms with Gasteiger partial charge in [0, 0.05) is 17.5 Å². The smallest absolute Gasteiger partial charge is 0.278 e. The number of halogens is 2. The SMILES string of the molecule is NC1=CC(F)(F)C(c2ccc(N)cc2)C=C1. The fourth-order valence-corrected chi connectivity index (χ4v) is 1.73. The molecule has 2 nitrogen and oxygen atoms in total. The maximum Gasteiger partial charge on any atom is 0.278 e. The second-order valence-electron chi connectivity index (χ2n) is 3.82. The molecular formula is C12H12F2N2. The average molecular weight is 222 g/mol. The second-order valence-corrected chi connectivity index (χ2v) is 3.82. The fourth-order valence-electron chi connectivity index (χ4n) is 1.73. The summed E-state index contributed by atoms with van der Waals surface area (Å²) in [6, 6.07) is 6.43. The van der Waals surface area contributed by atoms with Crippen LogP contribution >= 0.6 is 0 Å². The Bertz CT molecular complexity index is 447. The number of hydrogen-bond acceptors (Lipinski definition) is 2. The highest BCUT2D eigenvalue weighted by atomic mass is 19.3. The maximum atomic E-state index is 13.7. The van der Waals surface area contributed by atoms with Gasteiger partial charge in [-0.2, -0.15) is 0 Å². The zero-order valence-electron chi connectivity index (χ0n) is 8.53. The van der Waals surface area contributed by atoms with Crippen LogP contribution in [0.25, 0.3) is 0 Å². The van der Waals surface area contributed by atoms with Gasteiger partial charge in [-0.1, -0.05) is 18.2 Å². The van der Waals surface area contributed by atoms with E-state index in [9.17, 15) is 8.78 Å². The molecule has 1 unspecified atom stereocenters. The number of nitrogen functional groups attached to an aromatic ring is 1. The van der Waals surface area contributed by atoms with Gasteiger partial charge in [0.1, 0.15) is 0 Å². The first kappa shape index (κ1) is 10.7. The van der Waals surface area contributed by atoms with Crippen molar-refractivity contribution in [2.24, 2.45) is 5.73 Å². The minimum absolute atomic E-state index is 0.0942. The molecular weight excluding hydrogens is 210 g/mol. The summed E-state index contributed by atoms with van der Waals surface area (Å²) < 4.78 is 27.3. The Labute approximate surface area is 92.2 Å². The van der Waals surface area contributed by atoms with Crippen molar-refractivity contribution in [2.45, 2.75) is 11.8 Å². The predicted octanol–water partition coefficient (Wildman–Crippen LogP) is 2.40. The molecule has 0 spiro atoms. The lowest BCUT2D eigenvalue weighted by Crippen LogP contribution is -2.26. The quantitative estimate of drug-likeness (QED) is 0.717. The molecule has 0 saturated carbocycles. The Balaban J connectivity index is 2.36. The Kier molecular flexibility index (Phi) is 2.42. The first-order valence-electron chi connectivity index (χ1n) is 4.89. The van der Waals surface area contributed by atoms with E-state index in [2.05, 4.69) is 0 Å². The van der Waals surface area contributed by atoms with Gasteiger partial charge < -0.3 is 11.5 Å². The Morgan fingerprint density at radius 2 is 1.69 bits per heavy atom. The van der Waals surface area contributed by atoms with Gasteiger partial charge in [-0.25, -0.2) is 8.78 Å². The van der Waals surface area contributed by atoms with Gasteiger partial charge in [-0.05, 0) is 23.8 Å². The third kappa shape index (κ3) is 1.91. The van der Waals surface area contributed by atoms with Crippen molar-refractivity contribution in [1.29, 1.82) is 0 Å². The molecule has 0 bridgehead atoms. The van der Waals surface area contributed by atoms with Crippen LogP contribution in [0.15, 0.2) is 48.2 Å². The number of allylic oxidation sites excluding steroid dienone is 3. The molecule has 84 valence electrons. The first-order valence-corrected chi connectivity index (χ1v) is 4.89. The van der Waals surface area contributed by atoms with Gasteiger partial charge in [-0.3, -0.25) is 0 Å². The van der Waals surface area contributed by atoms with Crippen LogP contribution in [-0.2, 0) is 0 Å². The van der Waals surface area contributed by atoms with E-state index >= 15 is 0 Å². The molecule has 0 heterocycles. The molecule has 1 atom stereocenters. The maximum absolute atomic E-state index is 13.7. The summed E-state index contributed by atoms with van der Waals surface area (Å²) >= 11 is 0. The van der Waals surface area contributed by atoms with Gasteiger partial charge in [0.25, 0.3) is 5.92 Å². The van der Waals surface area contributed by atoms with E-state index in [0.717, 1.165) is 6.08 Å². The van der Waals surface area contributed by atoms with E-state index in [1.807, 2.05) is 0 Å². The molecule has 0 saturated heterocycles. The molecule has 0 radical (unpaired) electrons. The molecule has 0 aromatic heterocycles. The fraction of sp³-hybridized carbons (Fsp3) is 0.167. The van der Waals surface area contributed by atoms with Crippen molar-refractivity contribution in [3.63, 3.8) is 0 Å². The number of nitrogens with two attached hydrogens (primary N) is 2. The van der Waals surface area contributed by atoms with E-state index in [0.29, 0.717) is 11.3 Å².